The summed E-state index contributed by atoms with van der Waals surface area (Å²) in [5.74, 6) is 1.90. The zero-order valence-electron chi connectivity index (χ0n) is 15.2. The van der Waals surface area contributed by atoms with Crippen LogP contribution in [0.1, 0.15) is 28.7 Å². The third-order valence-corrected chi connectivity index (χ3v) is 4.85. The third kappa shape index (κ3) is 4.20. The van der Waals surface area contributed by atoms with E-state index in [1.807, 2.05) is 72.8 Å². The summed E-state index contributed by atoms with van der Waals surface area (Å²) in [7, 11) is 0. The summed E-state index contributed by atoms with van der Waals surface area (Å²) in [6.07, 6.45) is 1.69. The van der Waals surface area contributed by atoms with Gasteiger partial charge in [-0.05, 0) is 29.7 Å². The first-order valence-corrected chi connectivity index (χ1v) is 9.29. The summed E-state index contributed by atoms with van der Waals surface area (Å²) in [6.45, 7) is 1.01. The van der Waals surface area contributed by atoms with E-state index in [1.165, 1.54) is 0 Å². The SMILES string of the molecule is O=C1CCc2c(OCc3ccccc3)ccc(OCc3ccccc3)c2C1. The van der Waals surface area contributed by atoms with E-state index in [0.717, 1.165) is 33.8 Å². The molecular formula is C24H22O3. The molecule has 0 aliphatic heterocycles. The highest BCUT2D eigenvalue weighted by Crippen LogP contribution is 2.36. The smallest absolute Gasteiger partial charge is 0.137 e. The number of carbonyl (C=O) groups excluding carboxylic acids is 1. The Hall–Kier alpha value is -3.07. The van der Waals surface area contributed by atoms with Crippen LogP contribution in [0.3, 0.4) is 0 Å². The second-order valence-corrected chi connectivity index (χ2v) is 6.78. The lowest BCUT2D eigenvalue weighted by Gasteiger charge is -2.22. The molecule has 4 rings (SSSR count). The van der Waals surface area contributed by atoms with E-state index in [4.69, 9.17) is 9.47 Å². The van der Waals surface area contributed by atoms with Crippen molar-refractivity contribution in [3.8, 4) is 11.5 Å². The van der Waals surface area contributed by atoms with Crippen molar-refractivity contribution in [1.29, 1.82) is 0 Å². The van der Waals surface area contributed by atoms with Gasteiger partial charge in [-0.25, -0.2) is 0 Å². The second-order valence-electron chi connectivity index (χ2n) is 6.78. The maximum absolute atomic E-state index is 12.0. The molecule has 0 amide bonds. The zero-order chi connectivity index (χ0) is 18.5. The first-order chi connectivity index (χ1) is 13.3. The van der Waals surface area contributed by atoms with E-state index in [-0.39, 0.29) is 5.78 Å². The molecule has 27 heavy (non-hydrogen) atoms. The zero-order valence-corrected chi connectivity index (χ0v) is 15.2. The quantitative estimate of drug-likeness (QED) is 0.628. The molecule has 136 valence electrons. The Morgan fingerprint density at radius 3 is 1.70 bits per heavy atom. The number of rotatable bonds is 6. The van der Waals surface area contributed by atoms with Gasteiger partial charge in [0.25, 0.3) is 0 Å². The van der Waals surface area contributed by atoms with E-state index < -0.39 is 0 Å². The van der Waals surface area contributed by atoms with Gasteiger partial charge in [0.2, 0.25) is 0 Å². The summed E-state index contributed by atoms with van der Waals surface area (Å²) in [6, 6.07) is 24.1. The molecule has 0 saturated heterocycles. The lowest BCUT2D eigenvalue weighted by atomic mass is 9.89. The Balaban J connectivity index is 1.55. The van der Waals surface area contributed by atoms with Crippen LogP contribution in [0.15, 0.2) is 72.8 Å². The molecule has 3 nitrogen and oxygen atoms in total. The molecule has 0 N–H and O–H groups in total. The fraction of sp³-hybridized carbons (Fsp3) is 0.208. The monoisotopic (exact) mass is 358 g/mol. The van der Waals surface area contributed by atoms with Crippen molar-refractivity contribution >= 4 is 5.78 Å². The standard InChI is InChI=1S/C24H22O3/c25-20-11-12-21-22(15-20)24(27-17-19-9-5-2-6-10-19)14-13-23(21)26-16-18-7-3-1-4-8-18/h1-10,13-14H,11-12,15-17H2. The lowest BCUT2D eigenvalue weighted by molar-refractivity contribution is -0.118. The normalized spacial score (nSPS) is 13.1. The Morgan fingerprint density at radius 1 is 0.630 bits per heavy atom. The van der Waals surface area contributed by atoms with Gasteiger partial charge in [-0.3, -0.25) is 4.79 Å². The molecule has 0 unspecified atom stereocenters. The molecule has 3 aromatic carbocycles. The molecule has 0 atom stereocenters. The Labute approximate surface area is 159 Å². The average Bonchev–Trinajstić information content (AvgIpc) is 2.72. The molecule has 0 aromatic heterocycles. The van der Waals surface area contributed by atoms with E-state index in [9.17, 15) is 4.79 Å². The maximum Gasteiger partial charge on any atom is 0.137 e. The highest BCUT2D eigenvalue weighted by Gasteiger charge is 2.23. The van der Waals surface area contributed by atoms with Gasteiger partial charge >= 0.3 is 0 Å². The van der Waals surface area contributed by atoms with Crippen LogP contribution < -0.4 is 9.47 Å². The molecule has 0 radical (unpaired) electrons. The number of carbonyl (C=O) groups is 1. The third-order valence-electron chi connectivity index (χ3n) is 4.85. The molecule has 0 spiro atoms. The highest BCUT2D eigenvalue weighted by molar-refractivity contribution is 5.84. The summed E-state index contributed by atoms with van der Waals surface area (Å²) >= 11 is 0. The van der Waals surface area contributed by atoms with Crippen molar-refractivity contribution in [3.63, 3.8) is 0 Å². The lowest BCUT2D eigenvalue weighted by Crippen LogP contribution is -2.16. The molecular weight excluding hydrogens is 336 g/mol. The van der Waals surface area contributed by atoms with Crippen molar-refractivity contribution in [3.05, 3.63) is 95.1 Å². The fourth-order valence-electron chi connectivity index (χ4n) is 3.41. The van der Waals surface area contributed by atoms with E-state index in [2.05, 4.69) is 0 Å². The molecule has 0 heterocycles. The summed E-state index contributed by atoms with van der Waals surface area (Å²) in [5.41, 5.74) is 4.32. The first kappa shape index (κ1) is 17.3. The molecule has 1 aliphatic rings. The Morgan fingerprint density at radius 2 is 1.15 bits per heavy atom. The minimum atomic E-state index is 0.257. The molecule has 0 fully saturated rings. The van der Waals surface area contributed by atoms with Crippen LogP contribution in [0.2, 0.25) is 0 Å². The van der Waals surface area contributed by atoms with Crippen LogP contribution in [-0.2, 0) is 30.8 Å². The summed E-state index contributed by atoms with van der Waals surface area (Å²) in [5, 5.41) is 0. The Bertz CT molecular complexity index is 917. The van der Waals surface area contributed by atoms with Crippen LogP contribution >= 0.6 is 0 Å². The van der Waals surface area contributed by atoms with Gasteiger partial charge < -0.3 is 9.47 Å². The Kier molecular flexibility index (Phi) is 5.20. The van der Waals surface area contributed by atoms with Gasteiger partial charge in [0.05, 0.1) is 0 Å². The first-order valence-electron chi connectivity index (χ1n) is 9.29. The maximum atomic E-state index is 12.0. The van der Waals surface area contributed by atoms with Crippen molar-refractivity contribution in [2.24, 2.45) is 0 Å². The highest BCUT2D eigenvalue weighted by atomic mass is 16.5. The number of hydrogen-bond donors (Lipinski definition) is 0. The second kappa shape index (κ2) is 8.09. The molecule has 0 saturated carbocycles. The topological polar surface area (TPSA) is 35.5 Å². The van der Waals surface area contributed by atoms with Crippen LogP contribution in [0.25, 0.3) is 0 Å². The van der Waals surface area contributed by atoms with Gasteiger partial charge in [0, 0.05) is 24.0 Å². The molecule has 1 aliphatic carbocycles. The van der Waals surface area contributed by atoms with Gasteiger partial charge in [0.15, 0.2) is 0 Å². The van der Waals surface area contributed by atoms with E-state index in [0.29, 0.717) is 32.5 Å². The number of ether oxygens (including phenoxy) is 2. The average molecular weight is 358 g/mol. The number of benzene rings is 3. The number of fused-ring (bicyclic) bond motifs is 1. The van der Waals surface area contributed by atoms with E-state index in [1.54, 1.807) is 0 Å². The van der Waals surface area contributed by atoms with Gasteiger partial charge in [-0.2, -0.15) is 0 Å². The number of ketones is 1. The molecule has 3 aromatic rings. The molecule has 0 bridgehead atoms. The number of Topliss-reactive ketones (excluding diaryl/α,β-unsaturated/α-hetero) is 1. The van der Waals surface area contributed by atoms with Crippen LogP contribution in [0.5, 0.6) is 11.5 Å². The summed E-state index contributed by atoms with van der Waals surface area (Å²) in [4.78, 5) is 12.0. The van der Waals surface area contributed by atoms with Crippen molar-refractivity contribution < 1.29 is 14.3 Å². The van der Waals surface area contributed by atoms with Crippen molar-refractivity contribution in [2.75, 3.05) is 0 Å². The van der Waals surface area contributed by atoms with Crippen molar-refractivity contribution in [2.45, 2.75) is 32.5 Å². The number of hydrogen-bond acceptors (Lipinski definition) is 3. The fourth-order valence-corrected chi connectivity index (χ4v) is 3.41. The van der Waals surface area contributed by atoms with Gasteiger partial charge in [-0.1, -0.05) is 60.7 Å². The summed E-state index contributed by atoms with van der Waals surface area (Å²) < 4.78 is 12.1. The minimum absolute atomic E-state index is 0.257. The van der Waals surface area contributed by atoms with E-state index >= 15 is 0 Å². The minimum Gasteiger partial charge on any atom is -0.489 e. The molecule has 3 heteroatoms. The van der Waals surface area contributed by atoms with Gasteiger partial charge in [0.1, 0.15) is 30.5 Å². The van der Waals surface area contributed by atoms with Crippen molar-refractivity contribution in [1.82, 2.24) is 0 Å². The van der Waals surface area contributed by atoms with Crippen LogP contribution in [-0.4, -0.2) is 5.78 Å². The predicted molar refractivity (Wildman–Crippen MR) is 105 cm³/mol. The van der Waals surface area contributed by atoms with Crippen LogP contribution in [0.4, 0.5) is 0 Å². The largest absolute Gasteiger partial charge is 0.489 e. The van der Waals surface area contributed by atoms with Gasteiger partial charge in [-0.15, -0.1) is 0 Å². The predicted octanol–water partition coefficient (Wildman–Crippen LogP) is 4.90. The van der Waals surface area contributed by atoms with Crippen LogP contribution in [0, 0.1) is 0 Å².